The van der Waals surface area contributed by atoms with Crippen LogP contribution >= 0.6 is 11.3 Å². The fourth-order valence-electron chi connectivity index (χ4n) is 1.65. The summed E-state index contributed by atoms with van der Waals surface area (Å²) in [4.78, 5) is 1.26. The highest BCUT2D eigenvalue weighted by Crippen LogP contribution is 2.26. The van der Waals surface area contributed by atoms with Crippen molar-refractivity contribution in [3.8, 4) is 0 Å². The Kier molecular flexibility index (Phi) is 6.69. The second-order valence-electron chi connectivity index (χ2n) is 4.09. The maximum atomic E-state index is 6.10. The van der Waals surface area contributed by atoms with E-state index in [-0.39, 0.29) is 12.1 Å². The van der Waals surface area contributed by atoms with Crippen molar-refractivity contribution in [3.63, 3.8) is 0 Å². The summed E-state index contributed by atoms with van der Waals surface area (Å²) < 4.78 is 5.93. The first kappa shape index (κ1) is 13.7. The molecule has 1 aromatic heterocycles. The SMILES string of the molecule is CCCCCOC(c1cccs1)C(N)CC. The minimum Gasteiger partial charge on any atom is -0.371 e. The van der Waals surface area contributed by atoms with Crippen molar-refractivity contribution in [2.24, 2.45) is 5.73 Å². The van der Waals surface area contributed by atoms with Crippen LogP contribution < -0.4 is 5.73 Å². The molecule has 0 aromatic carbocycles. The first-order valence-corrected chi connectivity index (χ1v) is 7.08. The summed E-state index contributed by atoms with van der Waals surface area (Å²) in [7, 11) is 0. The van der Waals surface area contributed by atoms with Gasteiger partial charge in [0.2, 0.25) is 0 Å². The highest BCUT2D eigenvalue weighted by molar-refractivity contribution is 7.10. The Balaban J connectivity index is 2.45. The maximum Gasteiger partial charge on any atom is 0.107 e. The Morgan fingerprint density at radius 2 is 2.19 bits per heavy atom. The standard InChI is InChI=1S/C13H23NOS/c1-3-5-6-9-15-13(11(14)4-2)12-8-7-10-16-12/h7-8,10-11,13H,3-6,9,14H2,1-2H3. The lowest BCUT2D eigenvalue weighted by Gasteiger charge is -2.22. The molecule has 2 nitrogen and oxygen atoms in total. The van der Waals surface area contributed by atoms with Crippen molar-refractivity contribution in [3.05, 3.63) is 22.4 Å². The average molecular weight is 241 g/mol. The summed E-state index contributed by atoms with van der Waals surface area (Å²) >= 11 is 1.73. The molecule has 0 aliphatic rings. The van der Waals surface area contributed by atoms with Crippen LogP contribution in [0.5, 0.6) is 0 Å². The van der Waals surface area contributed by atoms with Gasteiger partial charge in [0.25, 0.3) is 0 Å². The molecule has 16 heavy (non-hydrogen) atoms. The normalized spacial score (nSPS) is 14.9. The van der Waals surface area contributed by atoms with Crippen LogP contribution in [0.15, 0.2) is 17.5 Å². The average Bonchev–Trinajstić information content (AvgIpc) is 2.82. The largest absolute Gasteiger partial charge is 0.371 e. The van der Waals surface area contributed by atoms with Gasteiger partial charge in [0.05, 0.1) is 0 Å². The number of rotatable bonds is 8. The Bertz CT molecular complexity index is 261. The van der Waals surface area contributed by atoms with E-state index in [4.69, 9.17) is 10.5 Å². The minimum absolute atomic E-state index is 0.0851. The fourth-order valence-corrected chi connectivity index (χ4v) is 2.49. The van der Waals surface area contributed by atoms with E-state index >= 15 is 0 Å². The number of hydrogen-bond donors (Lipinski definition) is 1. The van der Waals surface area contributed by atoms with Crippen LogP contribution in [-0.4, -0.2) is 12.6 Å². The third kappa shape index (κ3) is 4.24. The molecule has 0 fully saturated rings. The van der Waals surface area contributed by atoms with Crippen LogP contribution in [-0.2, 0) is 4.74 Å². The van der Waals surface area contributed by atoms with Crippen LogP contribution in [0.25, 0.3) is 0 Å². The number of thiophene rings is 1. The molecule has 1 rings (SSSR count). The fraction of sp³-hybridized carbons (Fsp3) is 0.692. The molecule has 0 amide bonds. The number of ether oxygens (including phenoxy) is 1. The quantitative estimate of drug-likeness (QED) is 0.704. The zero-order valence-corrected chi connectivity index (χ0v) is 11.1. The third-order valence-corrected chi connectivity index (χ3v) is 3.66. The van der Waals surface area contributed by atoms with Gasteiger partial charge in [-0.1, -0.05) is 32.8 Å². The monoisotopic (exact) mass is 241 g/mol. The molecule has 92 valence electrons. The zero-order chi connectivity index (χ0) is 11.8. The van der Waals surface area contributed by atoms with Crippen molar-refractivity contribution in [2.75, 3.05) is 6.61 Å². The molecule has 0 radical (unpaired) electrons. The molecule has 1 heterocycles. The van der Waals surface area contributed by atoms with Gasteiger partial charge in [0, 0.05) is 17.5 Å². The van der Waals surface area contributed by atoms with E-state index < -0.39 is 0 Å². The van der Waals surface area contributed by atoms with E-state index in [0.717, 1.165) is 19.4 Å². The maximum absolute atomic E-state index is 6.10. The molecule has 2 atom stereocenters. The van der Waals surface area contributed by atoms with E-state index in [1.807, 2.05) is 0 Å². The van der Waals surface area contributed by atoms with Gasteiger partial charge in [-0.05, 0) is 24.3 Å². The van der Waals surface area contributed by atoms with Crippen molar-refractivity contribution >= 4 is 11.3 Å². The molecule has 0 bridgehead atoms. The van der Waals surface area contributed by atoms with Gasteiger partial charge >= 0.3 is 0 Å². The van der Waals surface area contributed by atoms with Crippen LogP contribution in [0.1, 0.15) is 50.5 Å². The number of hydrogen-bond acceptors (Lipinski definition) is 3. The van der Waals surface area contributed by atoms with Crippen molar-refractivity contribution in [2.45, 2.75) is 51.7 Å². The highest BCUT2D eigenvalue weighted by atomic mass is 32.1. The smallest absolute Gasteiger partial charge is 0.107 e. The Labute approximate surface area is 103 Å². The lowest BCUT2D eigenvalue weighted by molar-refractivity contribution is 0.0336. The van der Waals surface area contributed by atoms with Gasteiger partial charge in [0.15, 0.2) is 0 Å². The van der Waals surface area contributed by atoms with Crippen molar-refractivity contribution < 1.29 is 4.74 Å². The molecule has 2 N–H and O–H groups in total. The third-order valence-electron chi connectivity index (χ3n) is 2.73. The minimum atomic E-state index is 0.0851. The van der Waals surface area contributed by atoms with E-state index in [9.17, 15) is 0 Å². The predicted octanol–water partition coefficient (Wildman–Crippen LogP) is 3.73. The van der Waals surface area contributed by atoms with Crippen LogP contribution in [0.2, 0.25) is 0 Å². The molecule has 1 aromatic rings. The summed E-state index contributed by atoms with van der Waals surface area (Å²) in [5.74, 6) is 0. The lowest BCUT2D eigenvalue weighted by Crippen LogP contribution is -2.29. The number of nitrogens with two attached hydrogens (primary N) is 1. The number of unbranched alkanes of at least 4 members (excludes halogenated alkanes) is 2. The Morgan fingerprint density at radius 3 is 2.75 bits per heavy atom. The molecule has 3 heteroatoms. The molecule has 0 saturated heterocycles. The zero-order valence-electron chi connectivity index (χ0n) is 10.3. The van der Waals surface area contributed by atoms with Crippen LogP contribution in [0.3, 0.4) is 0 Å². The van der Waals surface area contributed by atoms with Crippen molar-refractivity contribution in [1.29, 1.82) is 0 Å². The summed E-state index contributed by atoms with van der Waals surface area (Å²) in [5, 5.41) is 2.08. The van der Waals surface area contributed by atoms with Gasteiger partial charge in [-0.2, -0.15) is 0 Å². The first-order chi connectivity index (χ1) is 7.79. The molecular weight excluding hydrogens is 218 g/mol. The summed E-state index contributed by atoms with van der Waals surface area (Å²) in [6.07, 6.45) is 4.64. The summed E-state index contributed by atoms with van der Waals surface area (Å²) in [5.41, 5.74) is 6.10. The molecule has 0 aliphatic heterocycles. The van der Waals surface area contributed by atoms with E-state index in [2.05, 4.69) is 31.4 Å². The second-order valence-corrected chi connectivity index (χ2v) is 5.07. The van der Waals surface area contributed by atoms with Crippen LogP contribution in [0, 0.1) is 0 Å². The molecule has 0 saturated carbocycles. The molecule has 0 aliphatic carbocycles. The van der Waals surface area contributed by atoms with Gasteiger partial charge in [-0.3, -0.25) is 0 Å². The van der Waals surface area contributed by atoms with E-state index in [1.54, 1.807) is 11.3 Å². The van der Waals surface area contributed by atoms with Gasteiger partial charge < -0.3 is 10.5 Å². The predicted molar refractivity (Wildman–Crippen MR) is 70.8 cm³/mol. The van der Waals surface area contributed by atoms with E-state index in [1.165, 1.54) is 17.7 Å². The summed E-state index contributed by atoms with van der Waals surface area (Å²) in [6, 6.07) is 4.29. The first-order valence-electron chi connectivity index (χ1n) is 6.20. The lowest BCUT2D eigenvalue weighted by atomic mass is 10.1. The topological polar surface area (TPSA) is 35.2 Å². The molecule has 0 spiro atoms. The van der Waals surface area contributed by atoms with Gasteiger partial charge in [-0.25, -0.2) is 0 Å². The van der Waals surface area contributed by atoms with Gasteiger partial charge in [0.1, 0.15) is 6.10 Å². The second kappa shape index (κ2) is 7.82. The van der Waals surface area contributed by atoms with Gasteiger partial charge in [-0.15, -0.1) is 11.3 Å². The Hall–Kier alpha value is -0.380. The highest BCUT2D eigenvalue weighted by Gasteiger charge is 2.19. The molecule has 2 unspecified atom stereocenters. The molecular formula is C13H23NOS. The van der Waals surface area contributed by atoms with E-state index in [0.29, 0.717) is 0 Å². The summed E-state index contributed by atoms with van der Waals surface area (Å²) in [6.45, 7) is 5.14. The van der Waals surface area contributed by atoms with Crippen LogP contribution in [0.4, 0.5) is 0 Å². The van der Waals surface area contributed by atoms with Crippen molar-refractivity contribution in [1.82, 2.24) is 0 Å². The Morgan fingerprint density at radius 1 is 1.38 bits per heavy atom.